The Hall–Kier alpha value is -1.68. The van der Waals surface area contributed by atoms with E-state index in [2.05, 4.69) is 47.4 Å². The summed E-state index contributed by atoms with van der Waals surface area (Å²) in [6.07, 6.45) is 4.61. The fraction of sp³-hybridized carbons (Fsp3) is 0.478. The maximum atomic E-state index is 10.8. The van der Waals surface area contributed by atoms with Crippen molar-refractivity contribution in [2.75, 3.05) is 26.2 Å². The molecule has 0 unspecified atom stereocenters. The molecule has 140 valence electrons. The van der Waals surface area contributed by atoms with Crippen LogP contribution in [0.5, 0.6) is 0 Å². The number of ether oxygens (including phenoxy) is 1. The molecular weight excluding hydrogens is 322 g/mol. The first-order valence-corrected chi connectivity index (χ1v) is 9.84. The van der Waals surface area contributed by atoms with Crippen molar-refractivity contribution in [2.24, 2.45) is 0 Å². The summed E-state index contributed by atoms with van der Waals surface area (Å²) in [6.45, 7) is 4.45. The van der Waals surface area contributed by atoms with Gasteiger partial charge in [0, 0.05) is 26.2 Å². The van der Waals surface area contributed by atoms with Crippen LogP contribution < -0.4 is 0 Å². The van der Waals surface area contributed by atoms with E-state index in [0.717, 1.165) is 58.3 Å². The van der Waals surface area contributed by atoms with Crippen LogP contribution in [0.4, 0.5) is 0 Å². The topological polar surface area (TPSA) is 32.7 Å². The third kappa shape index (κ3) is 6.24. The summed E-state index contributed by atoms with van der Waals surface area (Å²) < 4.78 is 5.74. The molecule has 1 aliphatic heterocycles. The minimum Gasteiger partial charge on any atom is -0.390 e. The fourth-order valence-corrected chi connectivity index (χ4v) is 3.64. The summed E-state index contributed by atoms with van der Waals surface area (Å²) in [5.74, 6) is 0. The van der Waals surface area contributed by atoms with Crippen molar-refractivity contribution in [3.63, 3.8) is 0 Å². The molecule has 1 saturated heterocycles. The summed E-state index contributed by atoms with van der Waals surface area (Å²) in [6, 6.07) is 20.9. The molecule has 1 heterocycles. The Morgan fingerprint density at radius 3 is 2.15 bits per heavy atom. The molecule has 2 aromatic carbocycles. The smallest absolute Gasteiger partial charge is 0.0716 e. The Balaban J connectivity index is 1.29. The molecule has 0 aromatic heterocycles. The molecule has 0 radical (unpaired) electrons. The quantitative estimate of drug-likeness (QED) is 0.690. The number of rotatable bonds is 9. The molecule has 26 heavy (non-hydrogen) atoms. The number of benzene rings is 2. The predicted molar refractivity (Wildman–Crippen MR) is 106 cm³/mol. The van der Waals surface area contributed by atoms with Crippen molar-refractivity contribution in [3.05, 3.63) is 71.8 Å². The van der Waals surface area contributed by atoms with Gasteiger partial charge in [-0.1, -0.05) is 60.7 Å². The lowest BCUT2D eigenvalue weighted by Gasteiger charge is -2.38. The van der Waals surface area contributed by atoms with Gasteiger partial charge in [-0.15, -0.1) is 0 Å². The lowest BCUT2D eigenvalue weighted by atomic mass is 9.87. The van der Waals surface area contributed by atoms with Gasteiger partial charge >= 0.3 is 0 Å². The molecule has 1 aliphatic rings. The van der Waals surface area contributed by atoms with Gasteiger partial charge in [-0.25, -0.2) is 0 Å². The maximum Gasteiger partial charge on any atom is 0.0716 e. The first kappa shape index (κ1) is 19.1. The molecule has 0 aliphatic carbocycles. The van der Waals surface area contributed by atoms with Gasteiger partial charge in [0.05, 0.1) is 12.2 Å². The van der Waals surface area contributed by atoms with Gasteiger partial charge < -0.3 is 14.7 Å². The van der Waals surface area contributed by atoms with E-state index >= 15 is 0 Å². The molecule has 2 aromatic rings. The van der Waals surface area contributed by atoms with Crippen molar-refractivity contribution in [1.82, 2.24) is 4.90 Å². The van der Waals surface area contributed by atoms with Crippen LogP contribution in [0.25, 0.3) is 0 Å². The third-order valence-electron chi connectivity index (χ3n) is 5.39. The van der Waals surface area contributed by atoms with Crippen molar-refractivity contribution in [1.29, 1.82) is 0 Å². The third-order valence-corrected chi connectivity index (χ3v) is 5.39. The SMILES string of the molecule is OC1(CCCOCc2ccccc2)CCN(CCc2ccccc2)CC1. The second-order valence-corrected chi connectivity index (χ2v) is 7.44. The molecular formula is C23H31NO2. The summed E-state index contributed by atoms with van der Waals surface area (Å²) in [4.78, 5) is 2.48. The zero-order valence-corrected chi connectivity index (χ0v) is 15.6. The van der Waals surface area contributed by atoms with E-state index in [0.29, 0.717) is 6.61 Å². The van der Waals surface area contributed by atoms with Crippen molar-refractivity contribution < 1.29 is 9.84 Å². The van der Waals surface area contributed by atoms with Gasteiger partial charge in [0.15, 0.2) is 0 Å². The van der Waals surface area contributed by atoms with E-state index in [1.54, 1.807) is 0 Å². The highest BCUT2D eigenvalue weighted by Crippen LogP contribution is 2.27. The van der Waals surface area contributed by atoms with Crippen LogP contribution in [-0.2, 0) is 17.8 Å². The second-order valence-electron chi connectivity index (χ2n) is 7.44. The van der Waals surface area contributed by atoms with Crippen LogP contribution in [-0.4, -0.2) is 41.8 Å². The lowest BCUT2D eigenvalue weighted by molar-refractivity contribution is -0.0340. The number of hydrogen-bond donors (Lipinski definition) is 1. The molecule has 3 nitrogen and oxygen atoms in total. The van der Waals surface area contributed by atoms with Crippen molar-refractivity contribution in [3.8, 4) is 0 Å². The van der Waals surface area contributed by atoms with Crippen LogP contribution in [0.15, 0.2) is 60.7 Å². The highest BCUT2D eigenvalue weighted by molar-refractivity contribution is 5.15. The first-order chi connectivity index (χ1) is 12.7. The van der Waals surface area contributed by atoms with Crippen LogP contribution in [0.2, 0.25) is 0 Å². The molecule has 0 spiro atoms. The van der Waals surface area contributed by atoms with Gasteiger partial charge in [-0.05, 0) is 43.2 Å². The highest BCUT2D eigenvalue weighted by atomic mass is 16.5. The van der Waals surface area contributed by atoms with E-state index in [9.17, 15) is 5.11 Å². The molecule has 0 amide bonds. The van der Waals surface area contributed by atoms with Gasteiger partial charge in [0.25, 0.3) is 0 Å². The van der Waals surface area contributed by atoms with Gasteiger partial charge in [0.2, 0.25) is 0 Å². The van der Waals surface area contributed by atoms with Gasteiger partial charge in [0.1, 0.15) is 0 Å². The Morgan fingerprint density at radius 2 is 1.50 bits per heavy atom. The Labute approximate surface area is 157 Å². The minimum atomic E-state index is -0.501. The van der Waals surface area contributed by atoms with Crippen molar-refractivity contribution >= 4 is 0 Å². The zero-order valence-electron chi connectivity index (χ0n) is 15.6. The van der Waals surface area contributed by atoms with Crippen molar-refractivity contribution in [2.45, 2.75) is 44.3 Å². The molecule has 3 heteroatoms. The number of aliphatic hydroxyl groups is 1. The summed E-state index contributed by atoms with van der Waals surface area (Å²) in [7, 11) is 0. The number of nitrogens with zero attached hydrogens (tertiary/aromatic N) is 1. The molecule has 0 atom stereocenters. The van der Waals surface area contributed by atoms with E-state index in [4.69, 9.17) is 4.74 Å². The number of hydrogen-bond acceptors (Lipinski definition) is 3. The molecule has 0 saturated carbocycles. The maximum absolute atomic E-state index is 10.8. The van der Waals surface area contributed by atoms with Gasteiger partial charge in [-0.2, -0.15) is 0 Å². The van der Waals surface area contributed by atoms with E-state index in [-0.39, 0.29) is 0 Å². The summed E-state index contributed by atoms with van der Waals surface area (Å²) >= 11 is 0. The molecule has 1 fully saturated rings. The highest BCUT2D eigenvalue weighted by Gasteiger charge is 2.31. The summed E-state index contributed by atoms with van der Waals surface area (Å²) in [5.41, 5.74) is 2.10. The molecule has 3 rings (SSSR count). The van der Waals surface area contributed by atoms with E-state index < -0.39 is 5.60 Å². The van der Waals surface area contributed by atoms with Crippen LogP contribution in [0.1, 0.15) is 36.8 Å². The summed E-state index contributed by atoms with van der Waals surface area (Å²) in [5, 5.41) is 10.8. The Morgan fingerprint density at radius 1 is 0.885 bits per heavy atom. The second kappa shape index (κ2) is 9.86. The predicted octanol–water partition coefficient (Wildman–Crippen LogP) is 4.05. The van der Waals surface area contributed by atoms with E-state index in [1.165, 1.54) is 11.1 Å². The van der Waals surface area contributed by atoms with Crippen LogP contribution in [0, 0.1) is 0 Å². The fourth-order valence-electron chi connectivity index (χ4n) is 3.64. The van der Waals surface area contributed by atoms with Gasteiger partial charge in [-0.3, -0.25) is 0 Å². The van der Waals surface area contributed by atoms with Crippen LogP contribution in [0.3, 0.4) is 0 Å². The zero-order chi connectivity index (χ0) is 18.1. The Bertz CT molecular complexity index is 616. The van der Waals surface area contributed by atoms with E-state index in [1.807, 2.05) is 18.2 Å². The standard InChI is InChI=1S/C23H31NO2/c25-23(13-7-19-26-20-22-10-5-2-6-11-22)14-17-24(18-15-23)16-12-21-8-3-1-4-9-21/h1-6,8-11,25H,7,12-20H2. The molecule has 0 bridgehead atoms. The average molecular weight is 354 g/mol. The average Bonchev–Trinajstić information content (AvgIpc) is 2.69. The monoisotopic (exact) mass is 353 g/mol. The number of piperidine rings is 1. The molecule has 1 N–H and O–H groups in total. The lowest BCUT2D eigenvalue weighted by Crippen LogP contribution is -2.45. The number of likely N-dealkylation sites (tertiary alicyclic amines) is 1. The normalized spacial score (nSPS) is 17.3. The Kier molecular flexibility index (Phi) is 7.24. The van der Waals surface area contributed by atoms with Crippen LogP contribution >= 0.6 is 0 Å². The largest absolute Gasteiger partial charge is 0.390 e. The minimum absolute atomic E-state index is 0.501. The first-order valence-electron chi connectivity index (χ1n) is 9.84.